The van der Waals surface area contributed by atoms with Crippen LogP contribution in [0.15, 0.2) is 131 Å². The van der Waals surface area contributed by atoms with Gasteiger partial charge in [-0.2, -0.15) is 15.2 Å². The molecule has 0 saturated heterocycles. The van der Waals surface area contributed by atoms with Crippen LogP contribution in [0.4, 0.5) is 11.4 Å². The number of rotatable bonds is 5. The summed E-state index contributed by atoms with van der Waals surface area (Å²) in [6.45, 7) is 1.87. The van der Waals surface area contributed by atoms with Crippen LogP contribution in [-0.4, -0.2) is 17.3 Å². The zero-order valence-corrected chi connectivity index (χ0v) is 20.5. The van der Waals surface area contributed by atoms with Gasteiger partial charge in [0, 0.05) is 6.42 Å². The normalized spacial score (nSPS) is 18.4. The molecule has 2 heterocycles. The van der Waals surface area contributed by atoms with Crippen LogP contribution < -0.4 is 10.0 Å². The first kappa shape index (κ1) is 22.7. The first-order valence-electron chi connectivity index (χ1n) is 12.4. The van der Waals surface area contributed by atoms with E-state index in [1.807, 2.05) is 67.6 Å². The molecule has 0 bridgehead atoms. The van der Waals surface area contributed by atoms with Gasteiger partial charge in [-0.15, -0.1) is 0 Å². The monoisotopic (exact) mass is 482 g/mol. The number of hydrogen-bond donors (Lipinski definition) is 0. The third kappa shape index (κ3) is 4.47. The average Bonchev–Trinajstić information content (AvgIpc) is 3.52. The summed E-state index contributed by atoms with van der Waals surface area (Å²) >= 11 is 0. The lowest BCUT2D eigenvalue weighted by atomic mass is 9.98. The summed E-state index contributed by atoms with van der Waals surface area (Å²) in [5.74, 6) is -0.117. The van der Waals surface area contributed by atoms with E-state index in [0.717, 1.165) is 34.6 Å². The molecule has 0 aliphatic carbocycles. The first-order chi connectivity index (χ1) is 18.2. The number of anilines is 2. The molecule has 0 N–H and O–H groups in total. The molecule has 0 radical (unpaired) electrons. The number of carbonyl (C=O) groups excluding carboxylic acids is 1. The van der Waals surface area contributed by atoms with Crippen LogP contribution in [0.3, 0.4) is 0 Å². The Labute approximate surface area is 216 Å². The standard InChI is InChI=1S/C32H26N4O/c1-23-29(32(37)36(33-23)27-15-9-4-10-16-27)21-24-17-19-28(20-18-24)35-31(26-13-7-3-8-14-26)22-30(34-35)25-11-5-2-6-12-25/h2-21,31H,22H2,1H3/b29-21-. The van der Waals surface area contributed by atoms with Gasteiger partial charge in [-0.1, -0.05) is 91.0 Å². The summed E-state index contributed by atoms with van der Waals surface area (Å²) in [4.78, 5) is 13.1. The molecule has 0 aromatic heterocycles. The highest BCUT2D eigenvalue weighted by molar-refractivity contribution is 6.32. The van der Waals surface area contributed by atoms with Gasteiger partial charge in [0.1, 0.15) is 0 Å². The zero-order valence-electron chi connectivity index (χ0n) is 20.5. The Morgan fingerprint density at radius 2 is 1.35 bits per heavy atom. The molecule has 2 aliphatic heterocycles. The molecule has 4 aromatic carbocycles. The van der Waals surface area contributed by atoms with E-state index in [1.54, 1.807) is 0 Å². The molecule has 5 nitrogen and oxygen atoms in total. The minimum atomic E-state index is -0.117. The van der Waals surface area contributed by atoms with Crippen molar-refractivity contribution in [2.45, 2.75) is 19.4 Å². The summed E-state index contributed by atoms with van der Waals surface area (Å²) < 4.78 is 0. The fraction of sp³-hybridized carbons (Fsp3) is 0.0938. The fourth-order valence-electron chi connectivity index (χ4n) is 4.81. The number of carbonyl (C=O) groups is 1. The van der Waals surface area contributed by atoms with Crippen molar-refractivity contribution in [1.82, 2.24) is 0 Å². The van der Waals surface area contributed by atoms with E-state index >= 15 is 0 Å². The van der Waals surface area contributed by atoms with Crippen LogP contribution in [0.2, 0.25) is 0 Å². The number of para-hydroxylation sites is 1. The van der Waals surface area contributed by atoms with Crippen molar-refractivity contribution < 1.29 is 4.79 Å². The molecule has 5 heteroatoms. The second-order valence-corrected chi connectivity index (χ2v) is 9.18. The van der Waals surface area contributed by atoms with Gasteiger partial charge in [-0.25, -0.2) is 0 Å². The highest BCUT2D eigenvalue weighted by Crippen LogP contribution is 2.37. The highest BCUT2D eigenvalue weighted by Gasteiger charge is 2.30. The molecule has 0 saturated carbocycles. The van der Waals surface area contributed by atoms with Gasteiger partial charge in [0.15, 0.2) is 0 Å². The zero-order chi connectivity index (χ0) is 25.2. The van der Waals surface area contributed by atoms with Crippen LogP contribution in [0.1, 0.15) is 36.1 Å². The first-order valence-corrected chi connectivity index (χ1v) is 12.4. The van der Waals surface area contributed by atoms with E-state index in [-0.39, 0.29) is 11.9 Å². The van der Waals surface area contributed by atoms with E-state index in [0.29, 0.717) is 11.3 Å². The maximum atomic E-state index is 13.1. The Kier molecular flexibility index (Phi) is 5.95. The summed E-state index contributed by atoms with van der Waals surface area (Å²) in [7, 11) is 0. The SMILES string of the molecule is CC1=NN(c2ccccc2)C(=O)/C1=C\c1ccc(N2N=C(c3ccccc3)CC2c2ccccc2)cc1. The van der Waals surface area contributed by atoms with E-state index in [2.05, 4.69) is 70.8 Å². The minimum Gasteiger partial charge on any atom is -0.267 e. The van der Waals surface area contributed by atoms with Crippen LogP contribution in [-0.2, 0) is 4.79 Å². The third-order valence-corrected chi connectivity index (χ3v) is 6.73. The van der Waals surface area contributed by atoms with Gasteiger partial charge in [0.05, 0.1) is 34.4 Å². The predicted octanol–water partition coefficient (Wildman–Crippen LogP) is 6.85. The van der Waals surface area contributed by atoms with E-state index in [9.17, 15) is 4.79 Å². The molecular weight excluding hydrogens is 456 g/mol. The molecule has 1 unspecified atom stereocenters. The number of benzene rings is 4. The lowest BCUT2D eigenvalue weighted by Crippen LogP contribution is -2.21. The smallest absolute Gasteiger partial charge is 0.267 e. The molecule has 37 heavy (non-hydrogen) atoms. The van der Waals surface area contributed by atoms with Crippen molar-refractivity contribution in [2.24, 2.45) is 10.2 Å². The van der Waals surface area contributed by atoms with Crippen LogP contribution >= 0.6 is 0 Å². The second-order valence-electron chi connectivity index (χ2n) is 9.18. The molecule has 0 spiro atoms. The summed E-state index contributed by atoms with van der Waals surface area (Å²) in [5, 5.41) is 13.1. The van der Waals surface area contributed by atoms with Crippen molar-refractivity contribution in [1.29, 1.82) is 0 Å². The Morgan fingerprint density at radius 1 is 0.730 bits per heavy atom. The molecular formula is C32H26N4O. The topological polar surface area (TPSA) is 48.3 Å². The van der Waals surface area contributed by atoms with Crippen LogP contribution in [0, 0.1) is 0 Å². The van der Waals surface area contributed by atoms with E-state index in [4.69, 9.17) is 5.10 Å². The molecule has 2 aliphatic rings. The number of nitrogens with zero attached hydrogens (tertiary/aromatic N) is 4. The Bertz CT molecular complexity index is 1510. The number of hydrogen-bond acceptors (Lipinski definition) is 4. The summed E-state index contributed by atoms with van der Waals surface area (Å²) in [5.41, 5.74) is 7.47. The lowest BCUT2D eigenvalue weighted by molar-refractivity contribution is -0.114. The molecule has 1 amide bonds. The van der Waals surface area contributed by atoms with Crippen LogP contribution in [0.5, 0.6) is 0 Å². The van der Waals surface area contributed by atoms with Gasteiger partial charge < -0.3 is 0 Å². The molecule has 1 atom stereocenters. The highest BCUT2D eigenvalue weighted by atomic mass is 16.2. The van der Waals surface area contributed by atoms with Gasteiger partial charge in [0.25, 0.3) is 5.91 Å². The van der Waals surface area contributed by atoms with Crippen molar-refractivity contribution in [3.8, 4) is 0 Å². The van der Waals surface area contributed by atoms with E-state index in [1.165, 1.54) is 10.6 Å². The van der Waals surface area contributed by atoms with Crippen LogP contribution in [0.25, 0.3) is 6.08 Å². The average molecular weight is 483 g/mol. The molecule has 4 aromatic rings. The van der Waals surface area contributed by atoms with Crippen molar-refractivity contribution in [3.63, 3.8) is 0 Å². The van der Waals surface area contributed by atoms with Gasteiger partial charge in [0.2, 0.25) is 0 Å². The minimum absolute atomic E-state index is 0.117. The maximum absolute atomic E-state index is 13.1. The summed E-state index contributed by atoms with van der Waals surface area (Å²) in [6.07, 6.45) is 2.74. The van der Waals surface area contributed by atoms with Crippen molar-refractivity contribution in [3.05, 3.63) is 138 Å². The third-order valence-electron chi connectivity index (χ3n) is 6.73. The van der Waals surface area contributed by atoms with Crippen molar-refractivity contribution in [2.75, 3.05) is 10.0 Å². The number of amides is 1. The van der Waals surface area contributed by atoms with Gasteiger partial charge in [-0.3, -0.25) is 9.80 Å². The van der Waals surface area contributed by atoms with Gasteiger partial charge >= 0.3 is 0 Å². The number of hydrazone groups is 2. The summed E-state index contributed by atoms with van der Waals surface area (Å²) in [6, 6.07) is 38.7. The Balaban J connectivity index is 1.29. The quantitative estimate of drug-likeness (QED) is 0.292. The van der Waals surface area contributed by atoms with Crippen molar-refractivity contribution >= 4 is 34.8 Å². The molecule has 180 valence electrons. The Morgan fingerprint density at radius 3 is 2.03 bits per heavy atom. The predicted molar refractivity (Wildman–Crippen MR) is 151 cm³/mol. The van der Waals surface area contributed by atoms with Gasteiger partial charge in [-0.05, 0) is 54.0 Å². The molecule has 6 rings (SSSR count). The molecule has 0 fully saturated rings. The fourth-order valence-corrected chi connectivity index (χ4v) is 4.81. The van der Waals surface area contributed by atoms with E-state index < -0.39 is 0 Å². The lowest BCUT2D eigenvalue weighted by Gasteiger charge is -2.24. The maximum Gasteiger partial charge on any atom is 0.280 e. The Hall–Kier alpha value is -4.77. The largest absolute Gasteiger partial charge is 0.280 e. The second kappa shape index (κ2) is 9.70.